The molecule has 0 spiro atoms. The maximum absolute atomic E-state index is 4.17. The van der Waals surface area contributed by atoms with Gasteiger partial charge in [-0.3, -0.25) is 0 Å². The molecule has 0 aromatic carbocycles. The van der Waals surface area contributed by atoms with Gasteiger partial charge in [0.15, 0.2) is 0 Å². The number of allylic oxidation sites excluding steroid dienone is 3. The summed E-state index contributed by atoms with van der Waals surface area (Å²) < 4.78 is 0. The van der Waals surface area contributed by atoms with E-state index in [9.17, 15) is 0 Å². The first-order chi connectivity index (χ1) is 3.79. The first kappa shape index (κ1) is 5.38. The molecule has 0 aromatic rings. The molecule has 2 heteroatoms. The molecular formula is C6H10N2. The maximum Gasteiger partial charge on any atom is 0.0889 e. The average molecular weight is 110 g/mol. The second kappa shape index (κ2) is 2.01. The van der Waals surface area contributed by atoms with E-state index in [4.69, 9.17) is 0 Å². The second-order valence-corrected chi connectivity index (χ2v) is 1.92. The van der Waals surface area contributed by atoms with Crippen LogP contribution in [0.25, 0.3) is 5.43 Å². The van der Waals surface area contributed by atoms with E-state index in [0.29, 0.717) is 0 Å². The standard InChI is InChI=1S/C6H10N2/c1-6-4-3-5-8(2)7-6/h3-5,8H,1-2H3. The van der Waals surface area contributed by atoms with Gasteiger partial charge in [-0.25, -0.2) is 0 Å². The zero-order chi connectivity index (χ0) is 5.98. The van der Waals surface area contributed by atoms with Gasteiger partial charge in [0.1, 0.15) is 0 Å². The van der Waals surface area contributed by atoms with Gasteiger partial charge >= 0.3 is 0 Å². The molecule has 0 radical (unpaired) electrons. The summed E-state index contributed by atoms with van der Waals surface area (Å²) in [5, 5.41) is 1.09. The van der Waals surface area contributed by atoms with Gasteiger partial charge in [0.25, 0.3) is 0 Å². The highest BCUT2D eigenvalue weighted by atomic mass is 15.5. The first-order valence-corrected chi connectivity index (χ1v) is 2.69. The van der Waals surface area contributed by atoms with Crippen LogP contribution in [-0.2, 0) is 0 Å². The Bertz CT molecular complexity index is 135. The van der Waals surface area contributed by atoms with Gasteiger partial charge in [-0.1, -0.05) is 13.0 Å². The van der Waals surface area contributed by atoms with Gasteiger partial charge in [0.05, 0.1) is 13.2 Å². The predicted octanol–water partition coefficient (Wildman–Crippen LogP) is 0.221. The Morgan fingerprint density at radius 1 is 1.62 bits per heavy atom. The largest absolute Gasteiger partial charge is 0.488 e. The average Bonchev–Trinajstić information content (AvgIpc) is 1.64. The molecule has 0 amide bonds. The van der Waals surface area contributed by atoms with E-state index >= 15 is 0 Å². The van der Waals surface area contributed by atoms with Crippen LogP contribution in [0.1, 0.15) is 6.92 Å². The number of rotatable bonds is 0. The molecule has 1 heterocycles. The summed E-state index contributed by atoms with van der Waals surface area (Å²) in [5.74, 6) is 0. The fourth-order valence-corrected chi connectivity index (χ4v) is 0.679. The maximum atomic E-state index is 4.17. The summed E-state index contributed by atoms with van der Waals surface area (Å²) >= 11 is 0. The van der Waals surface area contributed by atoms with E-state index < -0.39 is 0 Å². The smallest absolute Gasteiger partial charge is 0.0889 e. The Morgan fingerprint density at radius 2 is 2.38 bits per heavy atom. The van der Waals surface area contributed by atoms with Crippen LogP contribution < -0.4 is 5.01 Å². The molecule has 8 heavy (non-hydrogen) atoms. The Labute approximate surface area is 49.5 Å². The zero-order valence-electron chi connectivity index (χ0n) is 5.18. The zero-order valence-corrected chi connectivity index (χ0v) is 5.18. The van der Waals surface area contributed by atoms with Crippen molar-refractivity contribution in [1.82, 2.24) is 0 Å². The van der Waals surface area contributed by atoms with Crippen LogP contribution in [0.3, 0.4) is 0 Å². The van der Waals surface area contributed by atoms with E-state index in [1.165, 1.54) is 0 Å². The van der Waals surface area contributed by atoms with Crippen molar-refractivity contribution in [3.05, 3.63) is 29.5 Å². The third kappa shape index (κ3) is 1.10. The van der Waals surface area contributed by atoms with Crippen molar-refractivity contribution in [3.8, 4) is 0 Å². The molecule has 0 aromatic heterocycles. The van der Waals surface area contributed by atoms with Crippen LogP contribution in [-0.4, -0.2) is 7.05 Å². The number of nitrogens with zero attached hydrogens (tertiary/aromatic N) is 1. The number of hydrogen-bond acceptors (Lipinski definition) is 0. The van der Waals surface area contributed by atoms with Crippen LogP contribution in [0.5, 0.6) is 0 Å². The van der Waals surface area contributed by atoms with Crippen LogP contribution in [0, 0.1) is 0 Å². The van der Waals surface area contributed by atoms with Crippen LogP contribution in [0.2, 0.25) is 0 Å². The van der Waals surface area contributed by atoms with Gasteiger partial charge in [-0.05, 0) is 6.08 Å². The lowest BCUT2D eigenvalue weighted by molar-refractivity contribution is -0.781. The van der Waals surface area contributed by atoms with E-state index in [2.05, 4.69) is 5.43 Å². The van der Waals surface area contributed by atoms with E-state index in [-0.39, 0.29) is 0 Å². The van der Waals surface area contributed by atoms with Gasteiger partial charge in [0.2, 0.25) is 0 Å². The van der Waals surface area contributed by atoms with Gasteiger partial charge in [0, 0.05) is 0 Å². The quantitative estimate of drug-likeness (QED) is 0.460. The molecule has 1 atom stereocenters. The first-order valence-electron chi connectivity index (χ1n) is 2.69. The molecule has 1 aliphatic heterocycles. The molecule has 0 bridgehead atoms. The van der Waals surface area contributed by atoms with E-state index in [0.717, 1.165) is 10.7 Å². The van der Waals surface area contributed by atoms with Crippen molar-refractivity contribution in [2.24, 2.45) is 0 Å². The van der Waals surface area contributed by atoms with Crippen molar-refractivity contribution < 1.29 is 5.01 Å². The van der Waals surface area contributed by atoms with Gasteiger partial charge in [-0.2, -0.15) is 0 Å². The van der Waals surface area contributed by atoms with Gasteiger partial charge < -0.3 is 10.4 Å². The summed E-state index contributed by atoms with van der Waals surface area (Å²) in [7, 11) is 1.99. The highest BCUT2D eigenvalue weighted by Crippen LogP contribution is 1.98. The lowest BCUT2D eigenvalue weighted by Gasteiger charge is -2.27. The Balaban J connectivity index is 2.59. The fraction of sp³-hybridized carbons (Fsp3) is 0.333. The van der Waals surface area contributed by atoms with E-state index in [1.54, 1.807) is 0 Å². The molecule has 0 saturated heterocycles. The lowest BCUT2D eigenvalue weighted by Crippen LogP contribution is -2.99. The summed E-state index contributed by atoms with van der Waals surface area (Å²) in [6.07, 6.45) is 6.00. The summed E-state index contributed by atoms with van der Waals surface area (Å²) in [6.45, 7) is 1.99. The third-order valence-corrected chi connectivity index (χ3v) is 1.03. The minimum atomic E-state index is 1.09. The SMILES string of the molecule is CC1=CC=C[NH+](C)[N-]1. The Hall–Kier alpha value is -0.760. The molecule has 0 saturated carbocycles. The highest BCUT2D eigenvalue weighted by Gasteiger charge is 1.86. The van der Waals surface area contributed by atoms with Crippen molar-refractivity contribution in [2.75, 3.05) is 7.05 Å². The topological polar surface area (TPSA) is 18.5 Å². The molecule has 44 valence electrons. The van der Waals surface area contributed by atoms with Crippen LogP contribution in [0.4, 0.5) is 0 Å². The summed E-state index contributed by atoms with van der Waals surface area (Å²) in [6, 6.07) is 0. The Morgan fingerprint density at radius 3 is 2.75 bits per heavy atom. The van der Waals surface area contributed by atoms with Crippen molar-refractivity contribution >= 4 is 0 Å². The molecule has 2 nitrogen and oxygen atoms in total. The molecule has 1 aliphatic rings. The number of hydrogen-bond donors (Lipinski definition) is 1. The monoisotopic (exact) mass is 110 g/mol. The molecule has 1 rings (SSSR count). The normalized spacial score (nSPS) is 26.8. The summed E-state index contributed by atoms with van der Waals surface area (Å²) in [5.41, 5.74) is 5.26. The molecular weight excluding hydrogens is 100 g/mol. The third-order valence-electron chi connectivity index (χ3n) is 1.03. The summed E-state index contributed by atoms with van der Waals surface area (Å²) in [4.78, 5) is 0. The number of quaternary nitrogens is 1. The molecule has 0 aliphatic carbocycles. The van der Waals surface area contributed by atoms with Crippen molar-refractivity contribution in [3.63, 3.8) is 0 Å². The minimum Gasteiger partial charge on any atom is -0.488 e. The van der Waals surface area contributed by atoms with E-state index in [1.807, 2.05) is 32.3 Å². The second-order valence-electron chi connectivity index (χ2n) is 1.92. The highest BCUT2D eigenvalue weighted by molar-refractivity contribution is 5.17. The predicted molar refractivity (Wildman–Crippen MR) is 33.1 cm³/mol. The lowest BCUT2D eigenvalue weighted by atomic mass is 10.4. The van der Waals surface area contributed by atoms with Crippen molar-refractivity contribution in [2.45, 2.75) is 6.92 Å². The molecule has 1 N–H and O–H groups in total. The minimum absolute atomic E-state index is 1.09. The fourth-order valence-electron chi connectivity index (χ4n) is 0.679. The molecule has 1 unspecified atom stereocenters. The van der Waals surface area contributed by atoms with Crippen molar-refractivity contribution in [1.29, 1.82) is 0 Å². The molecule has 0 fully saturated rings. The number of nitrogens with one attached hydrogen (secondary N) is 1. The Kier molecular flexibility index (Phi) is 1.35. The van der Waals surface area contributed by atoms with Crippen LogP contribution in [0.15, 0.2) is 24.0 Å². The van der Waals surface area contributed by atoms with Crippen LogP contribution >= 0.6 is 0 Å². The van der Waals surface area contributed by atoms with Gasteiger partial charge in [-0.15, -0.1) is 5.70 Å².